The molecule has 0 amide bonds. The zero-order valence-electron chi connectivity index (χ0n) is 12.3. The van der Waals surface area contributed by atoms with Crippen molar-refractivity contribution in [3.63, 3.8) is 0 Å². The van der Waals surface area contributed by atoms with Crippen LogP contribution in [0.4, 0.5) is 0 Å². The third-order valence-corrected chi connectivity index (χ3v) is 5.23. The van der Waals surface area contributed by atoms with E-state index >= 15 is 0 Å². The first-order chi connectivity index (χ1) is 7.94. The molecule has 2 heteroatoms. The summed E-state index contributed by atoms with van der Waals surface area (Å²) in [6.45, 7) is 12.8. The third-order valence-electron chi connectivity index (χ3n) is 5.23. The summed E-state index contributed by atoms with van der Waals surface area (Å²) in [5.41, 5.74) is 6.53. The molecule has 0 bridgehead atoms. The van der Waals surface area contributed by atoms with Crippen LogP contribution in [0.1, 0.15) is 59.8 Å². The van der Waals surface area contributed by atoms with E-state index in [0.29, 0.717) is 10.8 Å². The molecule has 2 nitrogen and oxygen atoms in total. The van der Waals surface area contributed by atoms with Crippen LogP contribution in [0.5, 0.6) is 0 Å². The number of rotatable bonds is 9. The minimum absolute atomic E-state index is 0.529. The van der Waals surface area contributed by atoms with E-state index in [0.717, 1.165) is 12.5 Å². The summed E-state index contributed by atoms with van der Waals surface area (Å²) in [5, 5.41) is 3.62. The Morgan fingerprint density at radius 1 is 0.882 bits per heavy atom. The number of nitrogens with two attached hydrogens (primary N) is 1. The van der Waals surface area contributed by atoms with Crippen molar-refractivity contribution in [2.75, 3.05) is 19.6 Å². The predicted molar refractivity (Wildman–Crippen MR) is 76.1 cm³/mol. The fraction of sp³-hybridized carbons (Fsp3) is 1.00. The van der Waals surface area contributed by atoms with Crippen molar-refractivity contribution in [2.24, 2.45) is 22.5 Å². The summed E-state index contributed by atoms with van der Waals surface area (Å²) in [6.07, 6.45) is 6.51. The average Bonchev–Trinajstić information content (AvgIpc) is 2.64. The number of nitrogens with one attached hydrogen (secondary N) is 1. The van der Waals surface area contributed by atoms with Crippen molar-refractivity contribution >= 4 is 0 Å². The van der Waals surface area contributed by atoms with Gasteiger partial charge in [-0.3, -0.25) is 0 Å². The number of hydrogen-bond donors (Lipinski definition) is 2. The molecule has 102 valence electrons. The lowest BCUT2D eigenvalue weighted by Gasteiger charge is -2.06. The highest BCUT2D eigenvalue weighted by molar-refractivity contribution is 5.12. The fourth-order valence-electron chi connectivity index (χ4n) is 3.01. The van der Waals surface area contributed by atoms with E-state index in [1.807, 2.05) is 0 Å². The topological polar surface area (TPSA) is 38.0 Å². The van der Waals surface area contributed by atoms with E-state index in [1.165, 1.54) is 45.2 Å². The van der Waals surface area contributed by atoms with E-state index < -0.39 is 0 Å². The van der Waals surface area contributed by atoms with Gasteiger partial charge in [0.25, 0.3) is 0 Å². The molecule has 0 aromatic rings. The third kappa shape index (κ3) is 3.69. The molecule has 1 fully saturated rings. The summed E-state index contributed by atoms with van der Waals surface area (Å²) in [4.78, 5) is 0. The zero-order chi connectivity index (χ0) is 12.9. The Labute approximate surface area is 108 Å². The van der Waals surface area contributed by atoms with Gasteiger partial charge in [0.1, 0.15) is 0 Å². The standard InChI is InChI=1S/C15H32N2/c1-14(2)13(15(14,3)4)12-17-11-9-7-5-6-8-10-16/h13,17H,5-12,16H2,1-4H3. The second-order valence-electron chi connectivity index (χ2n) is 6.76. The summed E-state index contributed by atoms with van der Waals surface area (Å²) in [6, 6.07) is 0. The smallest absolute Gasteiger partial charge is 0.000989 e. The molecule has 0 heterocycles. The average molecular weight is 240 g/mol. The Balaban J connectivity index is 1.93. The molecule has 0 radical (unpaired) electrons. The number of unbranched alkanes of at least 4 members (excludes halogenated alkanes) is 4. The largest absolute Gasteiger partial charge is 0.330 e. The van der Waals surface area contributed by atoms with Crippen LogP contribution in [0, 0.1) is 16.7 Å². The van der Waals surface area contributed by atoms with Crippen LogP contribution in [-0.4, -0.2) is 19.6 Å². The minimum atomic E-state index is 0.529. The van der Waals surface area contributed by atoms with Crippen LogP contribution in [0.2, 0.25) is 0 Å². The number of hydrogen-bond acceptors (Lipinski definition) is 2. The molecule has 1 rings (SSSR count). The van der Waals surface area contributed by atoms with Gasteiger partial charge in [0, 0.05) is 0 Å². The summed E-state index contributed by atoms with van der Waals surface area (Å²) >= 11 is 0. The molecule has 1 saturated carbocycles. The monoisotopic (exact) mass is 240 g/mol. The van der Waals surface area contributed by atoms with Crippen LogP contribution in [-0.2, 0) is 0 Å². The van der Waals surface area contributed by atoms with E-state index in [1.54, 1.807) is 0 Å². The van der Waals surface area contributed by atoms with Crippen LogP contribution in [0.15, 0.2) is 0 Å². The molecule has 1 aliphatic carbocycles. The van der Waals surface area contributed by atoms with Gasteiger partial charge in [-0.05, 0) is 49.2 Å². The van der Waals surface area contributed by atoms with Crippen molar-refractivity contribution in [1.82, 2.24) is 5.32 Å². The Bertz CT molecular complexity index is 207. The highest BCUT2D eigenvalue weighted by Crippen LogP contribution is 2.67. The van der Waals surface area contributed by atoms with Gasteiger partial charge in [-0.1, -0.05) is 47.0 Å². The second-order valence-corrected chi connectivity index (χ2v) is 6.76. The summed E-state index contributed by atoms with van der Waals surface area (Å²) in [7, 11) is 0. The summed E-state index contributed by atoms with van der Waals surface area (Å²) in [5.74, 6) is 0.854. The molecule has 0 atom stereocenters. The molecular weight excluding hydrogens is 208 g/mol. The van der Waals surface area contributed by atoms with E-state index in [2.05, 4.69) is 33.0 Å². The molecule has 0 unspecified atom stereocenters. The van der Waals surface area contributed by atoms with Gasteiger partial charge in [-0.25, -0.2) is 0 Å². The first-order valence-corrected chi connectivity index (χ1v) is 7.35. The molecule has 0 saturated heterocycles. The molecule has 0 aromatic heterocycles. The van der Waals surface area contributed by atoms with Crippen LogP contribution in [0.3, 0.4) is 0 Å². The molecule has 0 aliphatic heterocycles. The van der Waals surface area contributed by atoms with Gasteiger partial charge in [-0.2, -0.15) is 0 Å². The van der Waals surface area contributed by atoms with Crippen molar-refractivity contribution in [3.8, 4) is 0 Å². The van der Waals surface area contributed by atoms with Gasteiger partial charge in [0.15, 0.2) is 0 Å². The predicted octanol–water partition coefficient (Wildman–Crippen LogP) is 3.17. The Kier molecular flexibility index (Phi) is 5.46. The highest BCUT2D eigenvalue weighted by atomic mass is 14.9. The van der Waals surface area contributed by atoms with Crippen LogP contribution < -0.4 is 11.1 Å². The molecule has 0 spiro atoms. The second kappa shape index (κ2) is 6.19. The lowest BCUT2D eigenvalue weighted by atomic mass is 10.0. The van der Waals surface area contributed by atoms with Gasteiger partial charge in [0.05, 0.1) is 0 Å². The fourth-order valence-corrected chi connectivity index (χ4v) is 3.01. The molecule has 0 aromatic carbocycles. The quantitative estimate of drug-likeness (QED) is 0.608. The van der Waals surface area contributed by atoms with Gasteiger partial charge in [0.2, 0.25) is 0 Å². The van der Waals surface area contributed by atoms with Crippen molar-refractivity contribution < 1.29 is 0 Å². The van der Waals surface area contributed by atoms with Gasteiger partial charge < -0.3 is 11.1 Å². The molecule has 17 heavy (non-hydrogen) atoms. The maximum absolute atomic E-state index is 5.47. The lowest BCUT2D eigenvalue weighted by molar-refractivity contribution is 0.457. The maximum Gasteiger partial charge on any atom is -0.000989 e. The SMILES string of the molecule is CC1(C)C(CNCCCCCCCN)C1(C)C. The van der Waals surface area contributed by atoms with Crippen molar-refractivity contribution in [1.29, 1.82) is 0 Å². The zero-order valence-corrected chi connectivity index (χ0v) is 12.3. The van der Waals surface area contributed by atoms with Crippen LogP contribution >= 0.6 is 0 Å². The Morgan fingerprint density at radius 2 is 1.41 bits per heavy atom. The maximum atomic E-state index is 5.47. The first kappa shape index (κ1) is 15.0. The van der Waals surface area contributed by atoms with Gasteiger partial charge >= 0.3 is 0 Å². The van der Waals surface area contributed by atoms with Crippen molar-refractivity contribution in [3.05, 3.63) is 0 Å². The van der Waals surface area contributed by atoms with Crippen LogP contribution in [0.25, 0.3) is 0 Å². The van der Waals surface area contributed by atoms with E-state index in [-0.39, 0.29) is 0 Å². The lowest BCUT2D eigenvalue weighted by Crippen LogP contribution is -2.20. The Morgan fingerprint density at radius 3 is 1.94 bits per heavy atom. The first-order valence-electron chi connectivity index (χ1n) is 7.35. The minimum Gasteiger partial charge on any atom is -0.330 e. The van der Waals surface area contributed by atoms with E-state index in [9.17, 15) is 0 Å². The molecular formula is C15H32N2. The van der Waals surface area contributed by atoms with Gasteiger partial charge in [-0.15, -0.1) is 0 Å². The molecule has 3 N–H and O–H groups in total. The highest BCUT2D eigenvalue weighted by Gasteiger charge is 2.63. The Hall–Kier alpha value is -0.0800. The summed E-state index contributed by atoms with van der Waals surface area (Å²) < 4.78 is 0. The molecule has 1 aliphatic rings. The van der Waals surface area contributed by atoms with Crippen molar-refractivity contribution in [2.45, 2.75) is 59.8 Å². The normalized spacial score (nSPS) is 21.7. The van der Waals surface area contributed by atoms with E-state index in [4.69, 9.17) is 5.73 Å².